The van der Waals surface area contributed by atoms with Crippen LogP contribution in [0.1, 0.15) is 41.0 Å². The number of likely N-dealkylation sites (tertiary alicyclic amines) is 2. The van der Waals surface area contributed by atoms with Gasteiger partial charge in [-0.2, -0.15) is 4.31 Å². The lowest BCUT2D eigenvalue weighted by atomic mass is 10.1. The van der Waals surface area contributed by atoms with Gasteiger partial charge in [-0.25, -0.2) is 8.42 Å². The first-order valence-electron chi connectivity index (χ1n) is 10.9. The van der Waals surface area contributed by atoms with Crippen LogP contribution in [0.5, 0.6) is 0 Å². The van der Waals surface area contributed by atoms with E-state index >= 15 is 0 Å². The number of carbonyl (C=O) groups is 1. The molecule has 30 heavy (non-hydrogen) atoms. The number of piperidine rings is 1. The van der Waals surface area contributed by atoms with Crippen molar-refractivity contribution in [2.24, 2.45) is 0 Å². The van der Waals surface area contributed by atoms with E-state index in [-0.39, 0.29) is 11.9 Å². The average Bonchev–Trinajstić information content (AvgIpc) is 2.95. The van der Waals surface area contributed by atoms with Gasteiger partial charge in [-0.15, -0.1) is 0 Å². The van der Waals surface area contributed by atoms with Gasteiger partial charge in [0.05, 0.1) is 24.5 Å². The van der Waals surface area contributed by atoms with Gasteiger partial charge in [-0.05, 0) is 45.8 Å². The van der Waals surface area contributed by atoms with Crippen LogP contribution in [0.15, 0.2) is 6.07 Å². The molecule has 2 aliphatic rings. The molecule has 0 N–H and O–H groups in total. The molecule has 0 aromatic carbocycles. The van der Waals surface area contributed by atoms with Crippen molar-refractivity contribution in [3.05, 3.63) is 23.0 Å². The molecule has 1 aromatic heterocycles. The van der Waals surface area contributed by atoms with E-state index in [1.165, 1.54) is 25.5 Å². The molecule has 2 saturated heterocycles. The van der Waals surface area contributed by atoms with Crippen LogP contribution in [-0.2, 0) is 21.3 Å². The number of aromatic nitrogens is 1. The zero-order valence-corrected chi connectivity index (χ0v) is 19.6. The normalized spacial score (nSPS) is 18.8. The van der Waals surface area contributed by atoms with Gasteiger partial charge in [0.1, 0.15) is 0 Å². The molecule has 0 saturated carbocycles. The van der Waals surface area contributed by atoms with Crippen LogP contribution >= 0.6 is 0 Å². The quantitative estimate of drug-likeness (QED) is 0.579. The van der Waals surface area contributed by atoms with Crippen molar-refractivity contribution in [3.63, 3.8) is 0 Å². The number of ether oxygens (including phenoxy) is 1. The molecule has 3 heterocycles. The summed E-state index contributed by atoms with van der Waals surface area (Å²) in [4.78, 5) is 17.1. The van der Waals surface area contributed by atoms with Crippen molar-refractivity contribution in [2.45, 2.75) is 45.7 Å². The Labute approximate surface area is 180 Å². The molecule has 0 aliphatic carbocycles. The fraction of sp³-hybridized carbons (Fsp3) is 0.762. The molecule has 9 heteroatoms. The van der Waals surface area contributed by atoms with Crippen molar-refractivity contribution >= 4 is 15.9 Å². The van der Waals surface area contributed by atoms with Gasteiger partial charge in [-0.3, -0.25) is 4.79 Å². The summed E-state index contributed by atoms with van der Waals surface area (Å²) < 4.78 is 33.6. The number of sulfonamides is 1. The van der Waals surface area contributed by atoms with Gasteiger partial charge >= 0.3 is 0 Å². The van der Waals surface area contributed by atoms with E-state index in [1.807, 2.05) is 19.9 Å². The van der Waals surface area contributed by atoms with E-state index in [0.717, 1.165) is 31.0 Å². The first kappa shape index (κ1) is 23.2. The maximum Gasteiger partial charge on any atom is 0.255 e. The largest absolute Gasteiger partial charge is 0.383 e. The third kappa shape index (κ3) is 5.25. The van der Waals surface area contributed by atoms with Gasteiger partial charge in [-0.1, -0.05) is 6.42 Å². The van der Waals surface area contributed by atoms with Crippen LogP contribution in [0.2, 0.25) is 0 Å². The van der Waals surface area contributed by atoms with Crippen LogP contribution in [0.3, 0.4) is 0 Å². The standard InChI is InChI=1S/C21H36N4O4S/c1-17-14-20(18(2)24(17)12-13-29-3)21(26)23-15-19(16-23)25(30(4,27)28)11-10-22-8-6-5-7-9-22/h14,19H,5-13,15-16H2,1-4H3. The summed E-state index contributed by atoms with van der Waals surface area (Å²) in [6, 6.07) is 1.79. The van der Waals surface area contributed by atoms with E-state index in [2.05, 4.69) is 9.47 Å². The predicted molar refractivity (Wildman–Crippen MR) is 117 cm³/mol. The third-order valence-electron chi connectivity index (χ3n) is 6.39. The summed E-state index contributed by atoms with van der Waals surface area (Å²) in [5, 5.41) is 0. The number of methoxy groups -OCH3 is 1. The van der Waals surface area contributed by atoms with Crippen LogP contribution < -0.4 is 0 Å². The predicted octanol–water partition coefficient (Wildman–Crippen LogP) is 1.32. The highest BCUT2D eigenvalue weighted by Gasteiger charge is 2.39. The van der Waals surface area contributed by atoms with Crippen molar-refractivity contribution in [2.75, 3.05) is 59.2 Å². The van der Waals surface area contributed by atoms with Crippen LogP contribution in [0.4, 0.5) is 0 Å². The summed E-state index contributed by atoms with van der Waals surface area (Å²) in [6.45, 7) is 9.51. The average molecular weight is 441 g/mol. The highest BCUT2D eigenvalue weighted by Crippen LogP contribution is 2.24. The lowest BCUT2D eigenvalue weighted by Gasteiger charge is -2.44. The summed E-state index contributed by atoms with van der Waals surface area (Å²) >= 11 is 0. The molecule has 0 atom stereocenters. The monoisotopic (exact) mass is 440 g/mol. The number of rotatable bonds is 9. The maximum absolute atomic E-state index is 13.0. The van der Waals surface area contributed by atoms with E-state index < -0.39 is 10.0 Å². The molecule has 1 amide bonds. The van der Waals surface area contributed by atoms with Crippen molar-refractivity contribution in [1.82, 2.24) is 18.7 Å². The molecular formula is C21H36N4O4S. The number of aryl methyl sites for hydroxylation is 1. The molecule has 1 aromatic rings. The molecule has 2 fully saturated rings. The van der Waals surface area contributed by atoms with Crippen molar-refractivity contribution in [1.29, 1.82) is 0 Å². The Hall–Kier alpha value is -1.42. The summed E-state index contributed by atoms with van der Waals surface area (Å²) in [7, 11) is -1.64. The summed E-state index contributed by atoms with van der Waals surface area (Å²) in [5.74, 6) is -0.0208. The molecule has 0 unspecified atom stereocenters. The lowest BCUT2D eigenvalue weighted by Crippen LogP contribution is -2.63. The Balaban J connectivity index is 1.60. The fourth-order valence-corrected chi connectivity index (χ4v) is 5.65. The van der Waals surface area contributed by atoms with E-state index in [1.54, 1.807) is 16.3 Å². The fourth-order valence-electron chi connectivity index (χ4n) is 4.56. The molecule has 8 nitrogen and oxygen atoms in total. The Bertz CT molecular complexity index is 839. The van der Waals surface area contributed by atoms with Gasteiger partial charge < -0.3 is 19.1 Å². The van der Waals surface area contributed by atoms with Crippen LogP contribution in [-0.4, -0.2) is 98.3 Å². The topological polar surface area (TPSA) is 75.1 Å². The highest BCUT2D eigenvalue weighted by molar-refractivity contribution is 7.88. The number of hydrogen-bond acceptors (Lipinski definition) is 5. The Morgan fingerprint density at radius 2 is 1.83 bits per heavy atom. The second-order valence-corrected chi connectivity index (χ2v) is 10.5. The number of hydrogen-bond donors (Lipinski definition) is 0. The van der Waals surface area contributed by atoms with Gasteiger partial charge in [0.25, 0.3) is 5.91 Å². The Kier molecular flexibility index (Phi) is 7.60. The summed E-state index contributed by atoms with van der Waals surface area (Å²) in [6.07, 6.45) is 4.91. The summed E-state index contributed by atoms with van der Waals surface area (Å²) in [5.41, 5.74) is 2.66. The van der Waals surface area contributed by atoms with Gasteiger partial charge in [0, 0.05) is 51.2 Å². The van der Waals surface area contributed by atoms with Crippen LogP contribution in [0.25, 0.3) is 0 Å². The molecule has 0 spiro atoms. The minimum absolute atomic E-state index is 0.0208. The number of nitrogens with zero attached hydrogens (tertiary/aromatic N) is 4. The van der Waals surface area contributed by atoms with Crippen LogP contribution in [0, 0.1) is 13.8 Å². The molecule has 3 rings (SSSR count). The zero-order valence-electron chi connectivity index (χ0n) is 18.8. The van der Waals surface area contributed by atoms with Crippen molar-refractivity contribution in [3.8, 4) is 0 Å². The maximum atomic E-state index is 13.0. The van der Waals surface area contributed by atoms with Crippen molar-refractivity contribution < 1.29 is 17.9 Å². The highest BCUT2D eigenvalue weighted by atomic mass is 32.2. The third-order valence-corrected chi connectivity index (χ3v) is 7.72. The molecule has 170 valence electrons. The minimum atomic E-state index is -3.31. The Morgan fingerprint density at radius 1 is 1.17 bits per heavy atom. The minimum Gasteiger partial charge on any atom is -0.383 e. The Morgan fingerprint density at radius 3 is 2.43 bits per heavy atom. The first-order valence-corrected chi connectivity index (χ1v) is 12.7. The van der Waals surface area contributed by atoms with E-state index in [9.17, 15) is 13.2 Å². The molecule has 0 bridgehead atoms. The van der Waals surface area contributed by atoms with Gasteiger partial charge in [0.15, 0.2) is 0 Å². The van der Waals surface area contributed by atoms with E-state index in [4.69, 9.17) is 4.74 Å². The second-order valence-electron chi connectivity index (χ2n) is 8.57. The zero-order chi connectivity index (χ0) is 21.9. The van der Waals surface area contributed by atoms with Gasteiger partial charge in [0.2, 0.25) is 10.0 Å². The first-order chi connectivity index (χ1) is 14.2. The molecule has 0 radical (unpaired) electrons. The number of carbonyl (C=O) groups excluding carboxylic acids is 1. The lowest BCUT2D eigenvalue weighted by molar-refractivity contribution is 0.0436. The second kappa shape index (κ2) is 9.80. The molecule has 2 aliphatic heterocycles. The number of amides is 1. The molecular weight excluding hydrogens is 404 g/mol. The SMILES string of the molecule is COCCn1c(C)cc(C(=O)N2CC(N(CCN3CCCCC3)S(C)(=O)=O)C2)c1C. The smallest absolute Gasteiger partial charge is 0.255 e. The van der Waals surface area contributed by atoms with E-state index in [0.29, 0.717) is 38.3 Å².